The molecular weight excluding hydrogens is 200 g/mol. The van der Waals surface area contributed by atoms with Gasteiger partial charge in [0, 0.05) is 6.42 Å². The molecule has 2 heteroatoms. The summed E-state index contributed by atoms with van der Waals surface area (Å²) in [6.07, 6.45) is 9.11. The van der Waals surface area contributed by atoms with Crippen LogP contribution in [0.1, 0.15) is 26.2 Å². The molecule has 1 aliphatic carbocycles. The van der Waals surface area contributed by atoms with E-state index in [1.807, 2.05) is 0 Å². The van der Waals surface area contributed by atoms with Crippen molar-refractivity contribution in [2.45, 2.75) is 45.8 Å². The second-order valence-electron chi connectivity index (χ2n) is 5.50. The first kappa shape index (κ1) is 12.4. The van der Waals surface area contributed by atoms with Crippen molar-refractivity contribution in [1.29, 1.82) is 0 Å². The highest BCUT2D eigenvalue weighted by molar-refractivity contribution is 6.82. The molecule has 0 saturated carbocycles. The van der Waals surface area contributed by atoms with E-state index in [1.165, 1.54) is 0 Å². The van der Waals surface area contributed by atoms with E-state index in [2.05, 4.69) is 38.7 Å². The predicted molar refractivity (Wildman–Crippen MR) is 68.6 cm³/mol. The Morgan fingerprint density at radius 2 is 2.20 bits per heavy atom. The van der Waals surface area contributed by atoms with Crippen LogP contribution in [-0.4, -0.2) is 13.9 Å². The summed E-state index contributed by atoms with van der Waals surface area (Å²) in [4.78, 5) is 11.0. The van der Waals surface area contributed by atoms with Gasteiger partial charge in [-0.25, -0.2) is 0 Å². The summed E-state index contributed by atoms with van der Waals surface area (Å²) in [7, 11) is -1.09. The molecule has 1 atom stereocenters. The Hall–Kier alpha value is -0.633. The minimum atomic E-state index is -1.09. The van der Waals surface area contributed by atoms with E-state index in [1.54, 1.807) is 11.3 Å². The van der Waals surface area contributed by atoms with Gasteiger partial charge in [0.15, 0.2) is 5.78 Å². The summed E-state index contributed by atoms with van der Waals surface area (Å²) < 4.78 is 0. The molecule has 1 unspecified atom stereocenters. The monoisotopic (exact) mass is 222 g/mol. The quantitative estimate of drug-likeness (QED) is 0.665. The van der Waals surface area contributed by atoms with Crippen LogP contribution in [0.2, 0.25) is 19.6 Å². The first-order chi connectivity index (χ1) is 6.89. The second-order valence-corrected chi connectivity index (χ2v) is 10.8. The maximum Gasteiger partial charge on any atom is 0.155 e. The lowest BCUT2D eigenvalue weighted by molar-refractivity contribution is -0.115. The molecule has 0 amide bonds. The van der Waals surface area contributed by atoms with Crippen molar-refractivity contribution in [2.24, 2.45) is 5.92 Å². The summed E-state index contributed by atoms with van der Waals surface area (Å²) in [5.74, 6) is 0.881. The molecular formula is C13H22OSi. The molecule has 84 valence electrons. The van der Waals surface area contributed by atoms with Crippen LogP contribution in [0.25, 0.3) is 0 Å². The molecule has 15 heavy (non-hydrogen) atoms. The van der Waals surface area contributed by atoms with E-state index < -0.39 is 8.07 Å². The lowest BCUT2D eigenvalue weighted by Crippen LogP contribution is -2.22. The van der Waals surface area contributed by atoms with Crippen LogP contribution in [0.5, 0.6) is 0 Å². The fourth-order valence-electron chi connectivity index (χ4n) is 1.58. The Kier molecular flexibility index (Phi) is 4.09. The van der Waals surface area contributed by atoms with Crippen LogP contribution < -0.4 is 0 Å². The molecule has 0 radical (unpaired) electrons. The summed E-state index contributed by atoms with van der Waals surface area (Å²) in [6, 6.07) is 0. The van der Waals surface area contributed by atoms with E-state index >= 15 is 0 Å². The van der Waals surface area contributed by atoms with E-state index in [9.17, 15) is 4.79 Å². The molecule has 0 fully saturated rings. The second kappa shape index (κ2) is 4.93. The van der Waals surface area contributed by atoms with Crippen molar-refractivity contribution >= 4 is 13.9 Å². The number of rotatable bonds is 3. The Morgan fingerprint density at radius 1 is 1.53 bits per heavy atom. The summed E-state index contributed by atoms with van der Waals surface area (Å²) in [6.45, 7) is 9.38. The Bertz CT molecular complexity index is 294. The zero-order valence-electron chi connectivity index (χ0n) is 10.3. The van der Waals surface area contributed by atoms with Crippen LogP contribution in [0, 0.1) is 5.92 Å². The van der Waals surface area contributed by atoms with Crippen molar-refractivity contribution in [2.75, 3.05) is 0 Å². The third kappa shape index (κ3) is 4.16. The van der Waals surface area contributed by atoms with E-state index in [0.717, 1.165) is 19.3 Å². The third-order valence-electron chi connectivity index (χ3n) is 3.23. The molecule has 1 aliphatic rings. The maximum atomic E-state index is 11.0. The third-order valence-corrected chi connectivity index (χ3v) is 5.80. The number of hydrogen-bond acceptors (Lipinski definition) is 1. The molecule has 0 spiro atoms. The predicted octanol–water partition coefficient (Wildman–Crippen LogP) is 3.74. The number of carbonyl (C=O) groups is 1. The normalized spacial score (nSPS) is 23.3. The van der Waals surface area contributed by atoms with Gasteiger partial charge >= 0.3 is 0 Å². The molecule has 0 aliphatic heterocycles. The summed E-state index contributed by atoms with van der Waals surface area (Å²) in [5, 5.41) is 1.58. The molecule has 0 bridgehead atoms. The van der Waals surface area contributed by atoms with Crippen molar-refractivity contribution in [3.63, 3.8) is 0 Å². The van der Waals surface area contributed by atoms with Gasteiger partial charge in [-0.15, -0.1) is 0 Å². The molecule has 0 N–H and O–H groups in total. The van der Waals surface area contributed by atoms with Gasteiger partial charge < -0.3 is 0 Å². The van der Waals surface area contributed by atoms with Crippen molar-refractivity contribution in [3.8, 4) is 0 Å². The summed E-state index contributed by atoms with van der Waals surface area (Å²) in [5.41, 5.74) is 0. The van der Waals surface area contributed by atoms with Gasteiger partial charge in [-0.3, -0.25) is 4.79 Å². The highest BCUT2D eigenvalue weighted by Crippen LogP contribution is 2.21. The van der Waals surface area contributed by atoms with Crippen LogP contribution in [0.3, 0.4) is 0 Å². The standard InChI is InChI=1S/C13H22OSi/c1-11(15(2,3)4)5-6-12-7-9-13(14)10-8-12/h5,7,9,12H,6,8,10H2,1-4H3/b11-5-. The number of carbonyl (C=O) groups excluding carboxylic acids is 1. The Labute approximate surface area is 94.3 Å². The van der Waals surface area contributed by atoms with Gasteiger partial charge in [0.25, 0.3) is 0 Å². The molecule has 1 rings (SSSR count). The van der Waals surface area contributed by atoms with Gasteiger partial charge in [0.1, 0.15) is 0 Å². The fourth-order valence-corrected chi connectivity index (χ4v) is 2.31. The van der Waals surface area contributed by atoms with Crippen LogP contribution in [0.4, 0.5) is 0 Å². The van der Waals surface area contributed by atoms with Gasteiger partial charge in [0.05, 0.1) is 8.07 Å². The molecule has 0 saturated heterocycles. The molecule has 0 aromatic heterocycles. The van der Waals surface area contributed by atoms with Crippen molar-refractivity contribution in [1.82, 2.24) is 0 Å². The van der Waals surface area contributed by atoms with E-state index in [-0.39, 0.29) is 5.78 Å². The first-order valence-corrected chi connectivity index (χ1v) is 9.28. The number of hydrogen-bond donors (Lipinski definition) is 0. The molecule has 1 nitrogen and oxygen atoms in total. The van der Waals surface area contributed by atoms with Gasteiger partial charge in [0.2, 0.25) is 0 Å². The van der Waals surface area contributed by atoms with Crippen molar-refractivity contribution < 1.29 is 4.79 Å². The van der Waals surface area contributed by atoms with Crippen LogP contribution >= 0.6 is 0 Å². The van der Waals surface area contributed by atoms with E-state index in [0.29, 0.717) is 5.92 Å². The first-order valence-electron chi connectivity index (χ1n) is 5.78. The van der Waals surface area contributed by atoms with Crippen LogP contribution in [0.15, 0.2) is 23.4 Å². The largest absolute Gasteiger partial charge is 0.295 e. The SMILES string of the molecule is C/C(=C/CC1C=CC(=O)CC1)[Si](C)(C)C. The number of allylic oxidation sites excluding steroid dienone is 4. The van der Waals surface area contributed by atoms with E-state index in [4.69, 9.17) is 0 Å². The lowest BCUT2D eigenvalue weighted by atomic mass is 9.92. The Balaban J connectivity index is 2.50. The fraction of sp³-hybridized carbons (Fsp3) is 0.615. The average Bonchev–Trinajstić information content (AvgIpc) is 2.15. The minimum absolute atomic E-state index is 0.289. The van der Waals surface area contributed by atoms with Crippen LogP contribution in [-0.2, 0) is 4.79 Å². The van der Waals surface area contributed by atoms with Crippen molar-refractivity contribution in [3.05, 3.63) is 23.4 Å². The van der Waals surface area contributed by atoms with Gasteiger partial charge in [-0.05, 0) is 31.8 Å². The highest BCUT2D eigenvalue weighted by Gasteiger charge is 2.16. The molecule has 0 aromatic rings. The smallest absolute Gasteiger partial charge is 0.155 e. The topological polar surface area (TPSA) is 17.1 Å². The summed E-state index contributed by atoms with van der Waals surface area (Å²) >= 11 is 0. The highest BCUT2D eigenvalue weighted by atomic mass is 28.3. The zero-order chi connectivity index (χ0) is 11.5. The van der Waals surface area contributed by atoms with Gasteiger partial charge in [-0.2, -0.15) is 0 Å². The Morgan fingerprint density at radius 3 is 2.67 bits per heavy atom. The number of ketones is 1. The van der Waals surface area contributed by atoms with Gasteiger partial charge in [-0.1, -0.05) is 37.0 Å². The maximum absolute atomic E-state index is 11.0. The molecule has 0 heterocycles. The minimum Gasteiger partial charge on any atom is -0.295 e. The zero-order valence-corrected chi connectivity index (χ0v) is 11.3. The lowest BCUT2D eigenvalue weighted by Gasteiger charge is -2.19. The molecule has 0 aromatic carbocycles. The average molecular weight is 222 g/mol.